The number of nitrogens with zero attached hydrogens (tertiary/aromatic N) is 1. The fourth-order valence-corrected chi connectivity index (χ4v) is 2.45. The number of carboxylic acid groups (broad SMARTS) is 1. The van der Waals surface area contributed by atoms with Crippen LogP contribution < -0.4 is 0 Å². The Balaban J connectivity index is 2.26. The highest BCUT2D eigenvalue weighted by molar-refractivity contribution is 5.96. The van der Waals surface area contributed by atoms with E-state index < -0.39 is 5.97 Å². The van der Waals surface area contributed by atoms with Crippen LogP contribution in [0.3, 0.4) is 0 Å². The van der Waals surface area contributed by atoms with Crippen molar-refractivity contribution in [3.05, 3.63) is 58.5 Å². The Bertz CT molecular complexity index is 718. The second-order valence-corrected chi connectivity index (χ2v) is 5.35. The monoisotopic (exact) mass is 315 g/mol. The normalized spacial score (nSPS) is 10.6. The van der Waals surface area contributed by atoms with E-state index in [1.165, 1.54) is 6.07 Å². The van der Waals surface area contributed by atoms with Crippen molar-refractivity contribution in [2.75, 3.05) is 6.54 Å². The molecule has 0 aliphatic rings. The van der Waals surface area contributed by atoms with Gasteiger partial charge in [0, 0.05) is 25.6 Å². The average Bonchev–Trinajstić information content (AvgIpc) is 2.98. The molecular formula is C18H21NO4. The molecule has 1 N–H and O–H groups in total. The predicted molar refractivity (Wildman–Crippen MR) is 86.6 cm³/mol. The zero-order valence-corrected chi connectivity index (χ0v) is 13.6. The Morgan fingerprint density at radius 2 is 1.91 bits per heavy atom. The molecule has 23 heavy (non-hydrogen) atoms. The van der Waals surface area contributed by atoms with Crippen LogP contribution >= 0.6 is 0 Å². The highest BCUT2D eigenvalue weighted by Crippen LogP contribution is 2.19. The van der Waals surface area contributed by atoms with Crippen LogP contribution in [-0.2, 0) is 13.0 Å². The molecule has 0 unspecified atom stereocenters. The van der Waals surface area contributed by atoms with Gasteiger partial charge in [-0.3, -0.25) is 4.79 Å². The van der Waals surface area contributed by atoms with E-state index in [4.69, 9.17) is 4.42 Å². The summed E-state index contributed by atoms with van der Waals surface area (Å²) in [7, 11) is 0. The summed E-state index contributed by atoms with van der Waals surface area (Å²) in [5.41, 5.74) is 2.23. The van der Waals surface area contributed by atoms with Gasteiger partial charge in [-0.05, 0) is 25.0 Å². The van der Waals surface area contributed by atoms with Crippen LogP contribution in [0.4, 0.5) is 0 Å². The SMILES string of the molecule is CCc1oc(C(=O)N(CC)Cc2ccccc2C)cc1C(=O)O. The molecule has 1 amide bonds. The van der Waals surface area contributed by atoms with Crippen molar-refractivity contribution < 1.29 is 19.1 Å². The Hall–Kier alpha value is -2.56. The van der Waals surface area contributed by atoms with Crippen LogP contribution in [0, 0.1) is 6.92 Å². The third-order valence-corrected chi connectivity index (χ3v) is 3.86. The fourth-order valence-electron chi connectivity index (χ4n) is 2.45. The Morgan fingerprint density at radius 1 is 1.22 bits per heavy atom. The topological polar surface area (TPSA) is 70.8 Å². The molecule has 0 saturated carbocycles. The smallest absolute Gasteiger partial charge is 0.339 e. The van der Waals surface area contributed by atoms with Gasteiger partial charge in [0.15, 0.2) is 5.76 Å². The summed E-state index contributed by atoms with van der Waals surface area (Å²) < 4.78 is 5.47. The highest BCUT2D eigenvalue weighted by atomic mass is 16.4. The lowest BCUT2D eigenvalue weighted by Gasteiger charge is -2.20. The maximum Gasteiger partial charge on any atom is 0.339 e. The van der Waals surface area contributed by atoms with Crippen molar-refractivity contribution in [1.82, 2.24) is 4.90 Å². The van der Waals surface area contributed by atoms with Crippen LogP contribution in [0.1, 0.15) is 51.6 Å². The lowest BCUT2D eigenvalue weighted by molar-refractivity contribution is 0.0690. The highest BCUT2D eigenvalue weighted by Gasteiger charge is 2.23. The van der Waals surface area contributed by atoms with Crippen molar-refractivity contribution in [3.8, 4) is 0 Å². The molecule has 122 valence electrons. The van der Waals surface area contributed by atoms with Crippen LogP contribution in [0.5, 0.6) is 0 Å². The second-order valence-electron chi connectivity index (χ2n) is 5.35. The zero-order valence-electron chi connectivity index (χ0n) is 13.6. The average molecular weight is 315 g/mol. The molecule has 0 atom stereocenters. The Kier molecular flexibility index (Phi) is 5.21. The number of furan rings is 1. The number of rotatable bonds is 6. The minimum atomic E-state index is -1.08. The summed E-state index contributed by atoms with van der Waals surface area (Å²) in [4.78, 5) is 25.5. The van der Waals surface area contributed by atoms with E-state index in [-0.39, 0.29) is 17.2 Å². The number of aromatic carboxylic acids is 1. The lowest BCUT2D eigenvalue weighted by atomic mass is 10.1. The van der Waals surface area contributed by atoms with E-state index >= 15 is 0 Å². The summed E-state index contributed by atoms with van der Waals surface area (Å²) in [5, 5.41) is 9.17. The van der Waals surface area contributed by atoms with Gasteiger partial charge in [0.05, 0.1) is 0 Å². The summed E-state index contributed by atoms with van der Waals surface area (Å²) >= 11 is 0. The van der Waals surface area contributed by atoms with Crippen molar-refractivity contribution >= 4 is 11.9 Å². The van der Waals surface area contributed by atoms with E-state index in [0.717, 1.165) is 11.1 Å². The Labute approximate surface area is 135 Å². The molecule has 1 aromatic carbocycles. The molecule has 0 spiro atoms. The van der Waals surface area contributed by atoms with E-state index in [9.17, 15) is 14.7 Å². The van der Waals surface area contributed by atoms with Gasteiger partial charge in [0.25, 0.3) is 5.91 Å². The minimum absolute atomic E-state index is 0.0581. The molecule has 1 heterocycles. The van der Waals surface area contributed by atoms with Gasteiger partial charge < -0.3 is 14.4 Å². The molecular weight excluding hydrogens is 294 g/mol. The first-order valence-electron chi connectivity index (χ1n) is 7.67. The van der Waals surface area contributed by atoms with Gasteiger partial charge in [-0.25, -0.2) is 4.79 Å². The molecule has 5 heteroatoms. The van der Waals surface area contributed by atoms with Crippen LogP contribution in [-0.4, -0.2) is 28.4 Å². The standard InChI is InChI=1S/C18H21NO4/c1-4-15-14(18(21)22)10-16(23-15)17(20)19(5-2)11-13-9-7-6-8-12(13)3/h6-10H,4-5,11H2,1-3H3,(H,21,22). The number of carbonyl (C=O) groups is 2. The fraction of sp³-hybridized carbons (Fsp3) is 0.333. The van der Waals surface area contributed by atoms with Crippen molar-refractivity contribution in [1.29, 1.82) is 0 Å². The van der Waals surface area contributed by atoms with Crippen molar-refractivity contribution in [3.63, 3.8) is 0 Å². The first kappa shape index (κ1) is 16.8. The van der Waals surface area contributed by atoms with Crippen molar-refractivity contribution in [2.24, 2.45) is 0 Å². The molecule has 0 saturated heterocycles. The summed E-state index contributed by atoms with van der Waals surface area (Å²) in [5.74, 6) is -0.966. The Morgan fingerprint density at radius 3 is 2.43 bits per heavy atom. The first-order chi connectivity index (χ1) is 11.0. The van der Waals surface area contributed by atoms with E-state index in [0.29, 0.717) is 25.3 Å². The molecule has 2 aromatic rings. The number of hydrogen-bond donors (Lipinski definition) is 1. The molecule has 5 nitrogen and oxygen atoms in total. The number of carbonyl (C=O) groups excluding carboxylic acids is 1. The molecule has 0 aliphatic carbocycles. The molecule has 0 bridgehead atoms. The van der Waals surface area contributed by atoms with Crippen LogP contribution in [0.15, 0.2) is 34.7 Å². The van der Waals surface area contributed by atoms with E-state index in [1.54, 1.807) is 11.8 Å². The minimum Gasteiger partial charge on any atom is -0.478 e. The number of aryl methyl sites for hydroxylation is 2. The van der Waals surface area contributed by atoms with Gasteiger partial charge in [-0.1, -0.05) is 31.2 Å². The molecule has 0 aliphatic heterocycles. The van der Waals surface area contributed by atoms with Gasteiger partial charge in [0.2, 0.25) is 0 Å². The molecule has 0 fully saturated rings. The van der Waals surface area contributed by atoms with Gasteiger partial charge in [-0.2, -0.15) is 0 Å². The number of benzene rings is 1. The van der Waals surface area contributed by atoms with E-state index in [1.807, 2.05) is 38.1 Å². The second kappa shape index (κ2) is 7.13. The molecule has 2 rings (SSSR count). The zero-order chi connectivity index (χ0) is 17.0. The lowest BCUT2D eigenvalue weighted by Crippen LogP contribution is -2.30. The molecule has 1 aromatic heterocycles. The third kappa shape index (κ3) is 3.62. The summed E-state index contributed by atoms with van der Waals surface area (Å²) in [6.45, 7) is 6.66. The predicted octanol–water partition coefficient (Wildman–Crippen LogP) is 3.51. The third-order valence-electron chi connectivity index (χ3n) is 3.86. The maximum atomic E-state index is 12.6. The maximum absolute atomic E-state index is 12.6. The van der Waals surface area contributed by atoms with Gasteiger partial charge in [0.1, 0.15) is 11.3 Å². The largest absolute Gasteiger partial charge is 0.478 e. The quantitative estimate of drug-likeness (QED) is 0.885. The first-order valence-corrected chi connectivity index (χ1v) is 7.67. The van der Waals surface area contributed by atoms with Crippen LogP contribution in [0.2, 0.25) is 0 Å². The summed E-state index contributed by atoms with van der Waals surface area (Å²) in [6, 6.07) is 9.19. The number of hydrogen-bond acceptors (Lipinski definition) is 3. The van der Waals surface area contributed by atoms with Crippen LogP contribution in [0.25, 0.3) is 0 Å². The number of carboxylic acids is 1. The van der Waals surface area contributed by atoms with Gasteiger partial charge in [-0.15, -0.1) is 0 Å². The summed E-state index contributed by atoms with van der Waals surface area (Å²) in [6.07, 6.45) is 0.429. The number of amides is 1. The van der Waals surface area contributed by atoms with Crippen molar-refractivity contribution in [2.45, 2.75) is 33.7 Å². The molecule has 0 radical (unpaired) electrons. The van der Waals surface area contributed by atoms with Gasteiger partial charge >= 0.3 is 5.97 Å². The van der Waals surface area contributed by atoms with E-state index in [2.05, 4.69) is 0 Å².